The Balaban J connectivity index is 1.31. The molecule has 0 aromatic heterocycles. The van der Waals surface area contributed by atoms with Crippen molar-refractivity contribution < 1.29 is 24.1 Å². The van der Waals surface area contributed by atoms with Crippen LogP contribution < -0.4 is 24.6 Å². The molecule has 6 nitrogen and oxygen atoms in total. The van der Waals surface area contributed by atoms with E-state index in [1.54, 1.807) is 12.0 Å². The number of methoxy groups -OCH3 is 1. The molecule has 29 heavy (non-hydrogen) atoms. The van der Waals surface area contributed by atoms with Gasteiger partial charge in [-0.15, -0.1) is 0 Å². The quantitative estimate of drug-likeness (QED) is 0.498. The van der Waals surface area contributed by atoms with Crippen LogP contribution in [-0.2, 0) is 11.3 Å². The molecule has 0 unspecified atom stereocenters. The Labute approximate surface area is 173 Å². The van der Waals surface area contributed by atoms with Crippen molar-refractivity contribution >= 4 is 5.91 Å². The Morgan fingerprint density at radius 2 is 1.72 bits per heavy atom. The predicted molar refractivity (Wildman–Crippen MR) is 113 cm³/mol. The number of hydrogen-bond acceptors (Lipinski definition) is 3. The lowest BCUT2D eigenvalue weighted by atomic mass is 10.1. The number of quaternary nitrogens is 2. The smallest absolute Gasteiger partial charge is 0.275 e. The Hall–Kier alpha value is -2.57. The maximum absolute atomic E-state index is 12.2. The topological polar surface area (TPSA) is 56.4 Å². The fourth-order valence-corrected chi connectivity index (χ4v) is 3.80. The van der Waals surface area contributed by atoms with E-state index in [1.165, 1.54) is 16.0 Å². The van der Waals surface area contributed by atoms with Crippen LogP contribution in [0.2, 0.25) is 0 Å². The summed E-state index contributed by atoms with van der Waals surface area (Å²) in [5, 5.41) is 2.96. The third kappa shape index (κ3) is 6.76. The number of rotatable bonds is 9. The summed E-state index contributed by atoms with van der Waals surface area (Å²) in [6, 6.07) is 16.3. The molecule has 0 aliphatic carbocycles. The number of benzene rings is 2. The van der Waals surface area contributed by atoms with Gasteiger partial charge in [-0.05, 0) is 19.1 Å². The molecule has 2 aromatic carbocycles. The van der Waals surface area contributed by atoms with Gasteiger partial charge >= 0.3 is 0 Å². The van der Waals surface area contributed by atoms with E-state index in [-0.39, 0.29) is 5.91 Å². The number of hydrogen-bond donors (Lipinski definition) is 3. The number of ether oxygens (including phenoxy) is 2. The molecule has 1 saturated heterocycles. The first-order valence-electron chi connectivity index (χ1n) is 10.4. The highest BCUT2D eigenvalue weighted by molar-refractivity contribution is 5.76. The molecule has 1 aliphatic rings. The van der Waals surface area contributed by atoms with Crippen LogP contribution in [0.25, 0.3) is 0 Å². The molecule has 1 fully saturated rings. The number of aryl methyl sites for hydroxylation is 1. The average molecular weight is 400 g/mol. The van der Waals surface area contributed by atoms with Gasteiger partial charge in [0.2, 0.25) is 0 Å². The first kappa shape index (κ1) is 21.1. The first-order chi connectivity index (χ1) is 14.1. The Morgan fingerprint density at radius 3 is 2.45 bits per heavy atom. The molecule has 0 radical (unpaired) electrons. The average Bonchev–Trinajstić information content (AvgIpc) is 2.73. The van der Waals surface area contributed by atoms with Gasteiger partial charge in [-0.25, -0.2) is 0 Å². The lowest BCUT2D eigenvalue weighted by Gasteiger charge is -2.29. The van der Waals surface area contributed by atoms with E-state index in [2.05, 4.69) is 36.5 Å². The number of carbonyl (C=O) groups excluding carboxylic acids is 1. The van der Waals surface area contributed by atoms with Gasteiger partial charge in [-0.3, -0.25) is 4.79 Å². The standard InChI is InChI=1S/C23H31N3O3/c1-19-6-5-7-20(16-19)17-25-11-13-26(14-12-25)18-23(27)24-10-15-29-22-9-4-3-8-21(22)28-2/h3-9,16H,10-15,17-18H2,1-2H3,(H,24,27)/p+2. The molecule has 6 heteroatoms. The van der Waals surface area contributed by atoms with Crippen molar-refractivity contribution in [2.45, 2.75) is 13.5 Å². The number of nitrogens with one attached hydrogen (secondary N) is 3. The fourth-order valence-electron chi connectivity index (χ4n) is 3.80. The minimum absolute atomic E-state index is 0.0887. The second-order valence-electron chi connectivity index (χ2n) is 7.69. The molecule has 0 bridgehead atoms. The molecule has 2 aromatic rings. The summed E-state index contributed by atoms with van der Waals surface area (Å²) in [4.78, 5) is 15.2. The van der Waals surface area contributed by atoms with E-state index in [1.807, 2.05) is 24.3 Å². The molecule has 1 amide bonds. The van der Waals surface area contributed by atoms with Crippen LogP contribution in [0.5, 0.6) is 11.5 Å². The van der Waals surface area contributed by atoms with E-state index in [0.29, 0.717) is 31.2 Å². The summed E-state index contributed by atoms with van der Waals surface area (Å²) in [6.45, 7) is 8.94. The van der Waals surface area contributed by atoms with Crippen molar-refractivity contribution in [3.63, 3.8) is 0 Å². The number of carbonyl (C=O) groups is 1. The summed E-state index contributed by atoms with van der Waals surface area (Å²) < 4.78 is 11.0. The molecular formula is C23H33N3O3+2. The lowest BCUT2D eigenvalue weighted by molar-refractivity contribution is -1.02. The van der Waals surface area contributed by atoms with Crippen LogP contribution in [0.15, 0.2) is 48.5 Å². The van der Waals surface area contributed by atoms with Crippen molar-refractivity contribution in [1.82, 2.24) is 5.32 Å². The van der Waals surface area contributed by atoms with Crippen LogP contribution >= 0.6 is 0 Å². The summed E-state index contributed by atoms with van der Waals surface area (Å²) in [6.07, 6.45) is 0. The zero-order valence-corrected chi connectivity index (χ0v) is 17.5. The monoisotopic (exact) mass is 399 g/mol. The maximum atomic E-state index is 12.2. The molecule has 1 aliphatic heterocycles. The number of amides is 1. The highest BCUT2D eigenvalue weighted by Crippen LogP contribution is 2.25. The van der Waals surface area contributed by atoms with E-state index in [0.717, 1.165) is 32.7 Å². The van der Waals surface area contributed by atoms with Gasteiger partial charge in [0.05, 0.1) is 13.7 Å². The first-order valence-corrected chi connectivity index (χ1v) is 10.4. The van der Waals surface area contributed by atoms with Crippen molar-refractivity contribution in [2.75, 3.05) is 53.0 Å². The summed E-state index contributed by atoms with van der Waals surface area (Å²) >= 11 is 0. The summed E-state index contributed by atoms with van der Waals surface area (Å²) in [5.74, 6) is 1.49. The molecule has 156 valence electrons. The lowest BCUT2D eigenvalue weighted by Crippen LogP contribution is -3.28. The second-order valence-corrected chi connectivity index (χ2v) is 7.69. The summed E-state index contributed by atoms with van der Waals surface area (Å²) in [5.41, 5.74) is 2.72. The largest absolute Gasteiger partial charge is 0.493 e. The van der Waals surface area contributed by atoms with Crippen LogP contribution in [0.4, 0.5) is 0 Å². The van der Waals surface area contributed by atoms with Gasteiger partial charge in [0.1, 0.15) is 39.3 Å². The molecular weight excluding hydrogens is 366 g/mol. The predicted octanol–water partition coefficient (Wildman–Crippen LogP) is -0.518. The maximum Gasteiger partial charge on any atom is 0.275 e. The van der Waals surface area contributed by atoms with E-state index in [9.17, 15) is 4.79 Å². The van der Waals surface area contributed by atoms with Gasteiger partial charge in [0, 0.05) is 5.56 Å². The molecule has 0 spiro atoms. The zero-order valence-electron chi connectivity index (χ0n) is 17.5. The van der Waals surface area contributed by atoms with Gasteiger partial charge < -0.3 is 24.6 Å². The van der Waals surface area contributed by atoms with Crippen molar-refractivity contribution in [2.24, 2.45) is 0 Å². The van der Waals surface area contributed by atoms with Gasteiger partial charge in [-0.2, -0.15) is 0 Å². The normalized spacial score (nSPS) is 18.8. The molecule has 0 atom stereocenters. The minimum Gasteiger partial charge on any atom is -0.493 e. The number of para-hydroxylation sites is 2. The van der Waals surface area contributed by atoms with Gasteiger partial charge in [0.25, 0.3) is 5.91 Å². The Bertz CT molecular complexity index is 788. The fraction of sp³-hybridized carbons (Fsp3) is 0.435. The Kier molecular flexibility index (Phi) is 7.90. The van der Waals surface area contributed by atoms with Crippen LogP contribution in [0.1, 0.15) is 11.1 Å². The molecule has 3 rings (SSSR count). The third-order valence-electron chi connectivity index (χ3n) is 5.36. The third-order valence-corrected chi connectivity index (χ3v) is 5.36. The van der Waals surface area contributed by atoms with Gasteiger partial charge in [0.15, 0.2) is 18.0 Å². The minimum atomic E-state index is 0.0887. The highest BCUT2D eigenvalue weighted by atomic mass is 16.5. The number of piperazine rings is 1. The van der Waals surface area contributed by atoms with Crippen LogP contribution in [-0.4, -0.2) is 58.9 Å². The molecule has 1 heterocycles. The van der Waals surface area contributed by atoms with E-state index in [4.69, 9.17) is 9.47 Å². The van der Waals surface area contributed by atoms with E-state index < -0.39 is 0 Å². The van der Waals surface area contributed by atoms with E-state index >= 15 is 0 Å². The molecule has 0 saturated carbocycles. The van der Waals surface area contributed by atoms with Crippen LogP contribution in [0.3, 0.4) is 0 Å². The SMILES string of the molecule is COc1ccccc1OCCNC(=O)C[NH+]1CC[NH+](Cc2cccc(C)c2)CC1. The Morgan fingerprint density at radius 1 is 1.00 bits per heavy atom. The van der Waals surface area contributed by atoms with Gasteiger partial charge in [-0.1, -0.05) is 42.0 Å². The second kappa shape index (κ2) is 10.8. The summed E-state index contributed by atoms with van der Waals surface area (Å²) in [7, 11) is 1.62. The van der Waals surface area contributed by atoms with Crippen molar-refractivity contribution in [3.8, 4) is 11.5 Å². The van der Waals surface area contributed by atoms with Crippen molar-refractivity contribution in [3.05, 3.63) is 59.7 Å². The molecule has 3 N–H and O–H groups in total. The van der Waals surface area contributed by atoms with Crippen LogP contribution in [0, 0.1) is 6.92 Å². The highest BCUT2D eigenvalue weighted by Gasteiger charge is 2.24. The van der Waals surface area contributed by atoms with Crippen molar-refractivity contribution in [1.29, 1.82) is 0 Å². The zero-order chi connectivity index (χ0) is 20.5.